The first-order valence-electron chi connectivity index (χ1n) is 4.54. The van der Waals surface area contributed by atoms with E-state index in [0.29, 0.717) is 18.0 Å². The molecule has 1 rings (SSSR count). The van der Waals surface area contributed by atoms with Crippen molar-refractivity contribution < 1.29 is 14.6 Å². The number of carboxylic acid groups (broad SMARTS) is 1. The molecular weight excluding hydrogens is 196 g/mol. The summed E-state index contributed by atoms with van der Waals surface area (Å²) in [5.74, 6) is -0.557. The van der Waals surface area contributed by atoms with Crippen LogP contribution in [-0.4, -0.2) is 23.7 Å². The van der Waals surface area contributed by atoms with Gasteiger partial charge in [0.15, 0.2) is 0 Å². The van der Waals surface area contributed by atoms with E-state index in [1.807, 2.05) is 6.92 Å². The van der Waals surface area contributed by atoms with Crippen molar-refractivity contribution in [3.8, 4) is 5.75 Å². The van der Waals surface area contributed by atoms with Crippen LogP contribution in [0, 0.1) is 0 Å². The fraction of sp³-hybridized carbons (Fsp3) is 0.300. The van der Waals surface area contributed by atoms with Gasteiger partial charge in [-0.05, 0) is 25.1 Å². The van der Waals surface area contributed by atoms with E-state index in [2.05, 4.69) is 0 Å². The Morgan fingerprint density at radius 3 is 2.73 bits per heavy atom. The summed E-state index contributed by atoms with van der Waals surface area (Å²) in [7, 11) is 0. The van der Waals surface area contributed by atoms with Crippen molar-refractivity contribution in [3.05, 3.63) is 23.8 Å². The molecule has 0 amide bonds. The third kappa shape index (κ3) is 2.85. The lowest BCUT2D eigenvalue weighted by Gasteiger charge is -2.14. The smallest absolute Gasteiger partial charge is 0.335 e. The highest BCUT2D eigenvalue weighted by molar-refractivity contribution is 5.89. The molecule has 0 aromatic heterocycles. The first-order chi connectivity index (χ1) is 7.04. The zero-order valence-corrected chi connectivity index (χ0v) is 8.43. The lowest BCUT2D eigenvalue weighted by molar-refractivity contribution is 0.0697. The summed E-state index contributed by atoms with van der Waals surface area (Å²) >= 11 is 0. The maximum atomic E-state index is 10.6. The first-order valence-corrected chi connectivity index (χ1v) is 4.54. The van der Waals surface area contributed by atoms with E-state index in [-0.39, 0.29) is 11.7 Å². The molecule has 0 radical (unpaired) electrons. The molecule has 1 atom stereocenters. The normalized spacial score (nSPS) is 12.1. The number of carboxylic acids is 1. The number of hydrogen-bond donors (Lipinski definition) is 3. The number of nitrogens with two attached hydrogens (primary N) is 2. The quantitative estimate of drug-likeness (QED) is 0.635. The van der Waals surface area contributed by atoms with Crippen molar-refractivity contribution in [2.24, 2.45) is 5.73 Å². The maximum Gasteiger partial charge on any atom is 0.335 e. The lowest BCUT2D eigenvalue weighted by Crippen LogP contribution is -2.23. The molecule has 15 heavy (non-hydrogen) atoms. The van der Waals surface area contributed by atoms with Crippen LogP contribution >= 0.6 is 0 Å². The van der Waals surface area contributed by atoms with Crippen LogP contribution in [0.25, 0.3) is 0 Å². The molecule has 0 aliphatic rings. The molecule has 0 fully saturated rings. The molecule has 1 aromatic carbocycles. The lowest BCUT2D eigenvalue weighted by atomic mass is 10.2. The largest absolute Gasteiger partial charge is 0.487 e. The number of anilines is 1. The molecule has 0 aliphatic heterocycles. The van der Waals surface area contributed by atoms with Gasteiger partial charge >= 0.3 is 5.97 Å². The minimum atomic E-state index is -1.01. The SMILES string of the molecule is CC(CN)Oc1ccc(C(=O)O)cc1N. The van der Waals surface area contributed by atoms with Gasteiger partial charge in [-0.2, -0.15) is 0 Å². The van der Waals surface area contributed by atoms with Crippen LogP contribution in [0.4, 0.5) is 5.69 Å². The highest BCUT2D eigenvalue weighted by Gasteiger charge is 2.08. The Bertz CT molecular complexity index is 366. The van der Waals surface area contributed by atoms with Crippen LogP contribution in [0.3, 0.4) is 0 Å². The zero-order chi connectivity index (χ0) is 11.4. The monoisotopic (exact) mass is 210 g/mol. The van der Waals surface area contributed by atoms with Gasteiger partial charge < -0.3 is 21.3 Å². The van der Waals surface area contributed by atoms with Crippen LogP contribution in [-0.2, 0) is 0 Å². The van der Waals surface area contributed by atoms with Gasteiger partial charge in [0.2, 0.25) is 0 Å². The summed E-state index contributed by atoms with van der Waals surface area (Å²) < 4.78 is 5.39. The minimum Gasteiger partial charge on any atom is -0.487 e. The van der Waals surface area contributed by atoms with E-state index in [9.17, 15) is 4.79 Å². The number of aromatic carboxylic acids is 1. The van der Waals surface area contributed by atoms with Gasteiger partial charge in [0.1, 0.15) is 11.9 Å². The molecule has 0 aliphatic carbocycles. The predicted octanol–water partition coefficient (Wildman–Crippen LogP) is 0.693. The second-order valence-corrected chi connectivity index (χ2v) is 3.22. The minimum absolute atomic E-state index is 0.139. The van der Waals surface area contributed by atoms with Crippen molar-refractivity contribution >= 4 is 11.7 Å². The fourth-order valence-electron chi connectivity index (χ4n) is 1.05. The highest BCUT2D eigenvalue weighted by atomic mass is 16.5. The van der Waals surface area contributed by atoms with E-state index in [1.165, 1.54) is 18.2 Å². The summed E-state index contributed by atoms with van der Waals surface area (Å²) in [6, 6.07) is 4.34. The zero-order valence-electron chi connectivity index (χ0n) is 8.43. The number of carbonyl (C=O) groups is 1. The second kappa shape index (κ2) is 4.65. The molecule has 5 N–H and O–H groups in total. The molecule has 5 nitrogen and oxygen atoms in total. The van der Waals surface area contributed by atoms with Crippen LogP contribution in [0.5, 0.6) is 5.75 Å². The Morgan fingerprint density at radius 2 is 2.27 bits per heavy atom. The van der Waals surface area contributed by atoms with Gasteiger partial charge in [0.25, 0.3) is 0 Å². The van der Waals surface area contributed by atoms with Gasteiger partial charge in [-0.1, -0.05) is 0 Å². The van der Waals surface area contributed by atoms with Crippen LogP contribution in [0.1, 0.15) is 17.3 Å². The van der Waals surface area contributed by atoms with Crippen molar-refractivity contribution in [2.45, 2.75) is 13.0 Å². The topological polar surface area (TPSA) is 98.6 Å². The summed E-state index contributed by atoms with van der Waals surface area (Å²) in [5, 5.41) is 8.71. The van der Waals surface area contributed by atoms with Gasteiger partial charge in [0.05, 0.1) is 11.3 Å². The average Bonchev–Trinajstić information content (AvgIpc) is 2.20. The Morgan fingerprint density at radius 1 is 1.60 bits per heavy atom. The summed E-state index contributed by atoms with van der Waals surface area (Å²) in [6.45, 7) is 2.19. The molecule has 82 valence electrons. The average molecular weight is 210 g/mol. The third-order valence-corrected chi connectivity index (χ3v) is 1.92. The molecular formula is C10H14N2O3. The number of benzene rings is 1. The molecule has 0 bridgehead atoms. The van der Waals surface area contributed by atoms with Crippen molar-refractivity contribution in [1.29, 1.82) is 0 Å². The van der Waals surface area contributed by atoms with E-state index in [0.717, 1.165) is 0 Å². The van der Waals surface area contributed by atoms with E-state index in [1.54, 1.807) is 0 Å². The third-order valence-electron chi connectivity index (χ3n) is 1.92. The second-order valence-electron chi connectivity index (χ2n) is 3.22. The van der Waals surface area contributed by atoms with Crippen LogP contribution < -0.4 is 16.2 Å². The Balaban J connectivity index is 2.88. The molecule has 0 saturated carbocycles. The number of ether oxygens (including phenoxy) is 1. The molecule has 0 spiro atoms. The van der Waals surface area contributed by atoms with E-state index >= 15 is 0 Å². The van der Waals surface area contributed by atoms with Crippen molar-refractivity contribution in [2.75, 3.05) is 12.3 Å². The Hall–Kier alpha value is -1.75. The summed E-state index contributed by atoms with van der Waals surface area (Å²) in [4.78, 5) is 10.6. The van der Waals surface area contributed by atoms with E-state index < -0.39 is 5.97 Å². The summed E-state index contributed by atoms with van der Waals surface area (Å²) in [6.07, 6.45) is -0.150. The molecule has 5 heteroatoms. The Kier molecular flexibility index (Phi) is 3.51. The highest BCUT2D eigenvalue weighted by Crippen LogP contribution is 2.23. The molecule has 0 heterocycles. The predicted molar refractivity (Wildman–Crippen MR) is 57.0 cm³/mol. The molecule has 0 saturated heterocycles. The first kappa shape index (κ1) is 11.3. The molecule has 1 aromatic rings. The van der Waals surface area contributed by atoms with Gasteiger partial charge in [-0.25, -0.2) is 4.79 Å². The summed E-state index contributed by atoms with van der Waals surface area (Å²) in [5.41, 5.74) is 11.5. The van der Waals surface area contributed by atoms with Gasteiger partial charge in [-0.15, -0.1) is 0 Å². The van der Waals surface area contributed by atoms with E-state index in [4.69, 9.17) is 21.3 Å². The number of nitrogen functional groups attached to an aromatic ring is 1. The maximum absolute atomic E-state index is 10.6. The standard InChI is InChI=1S/C10H14N2O3/c1-6(5-11)15-9-3-2-7(10(13)14)4-8(9)12/h2-4,6H,5,11-12H2,1H3,(H,13,14). The van der Waals surface area contributed by atoms with Crippen LogP contribution in [0.15, 0.2) is 18.2 Å². The number of hydrogen-bond acceptors (Lipinski definition) is 4. The van der Waals surface area contributed by atoms with Gasteiger partial charge in [0, 0.05) is 6.54 Å². The van der Waals surface area contributed by atoms with Crippen LogP contribution in [0.2, 0.25) is 0 Å². The molecule has 1 unspecified atom stereocenters. The van der Waals surface area contributed by atoms with Crippen molar-refractivity contribution in [3.63, 3.8) is 0 Å². The fourth-order valence-corrected chi connectivity index (χ4v) is 1.05. The van der Waals surface area contributed by atoms with Crippen molar-refractivity contribution in [1.82, 2.24) is 0 Å². The van der Waals surface area contributed by atoms with Gasteiger partial charge in [-0.3, -0.25) is 0 Å². The Labute approximate surface area is 87.6 Å². The number of rotatable bonds is 4.